The van der Waals surface area contributed by atoms with Crippen LogP contribution in [0.1, 0.15) is 31.7 Å². The summed E-state index contributed by atoms with van der Waals surface area (Å²) in [6.07, 6.45) is 4.06. The smallest absolute Gasteiger partial charge is 0.226 e. The molecule has 0 saturated carbocycles. The maximum atomic E-state index is 12.3. The average Bonchev–Trinajstić information content (AvgIpc) is 2.90. The molecule has 0 spiro atoms. The van der Waals surface area contributed by atoms with E-state index in [9.17, 15) is 4.79 Å². The van der Waals surface area contributed by atoms with E-state index in [1.807, 2.05) is 19.2 Å². The van der Waals surface area contributed by atoms with Crippen LogP contribution in [0.25, 0.3) is 0 Å². The Morgan fingerprint density at radius 1 is 1.67 bits per heavy atom. The molecule has 5 heteroatoms. The first kappa shape index (κ1) is 13.5. The number of piperidine rings is 1. The summed E-state index contributed by atoms with van der Waals surface area (Å²) in [5.74, 6) is 0.550. The molecule has 1 atom stereocenters. The fraction of sp³-hybridized carbons (Fsp3) is 0.692. The highest BCUT2D eigenvalue weighted by Gasteiger charge is 2.37. The Morgan fingerprint density at radius 3 is 3.11 bits per heavy atom. The Hall–Kier alpha value is -0.940. The summed E-state index contributed by atoms with van der Waals surface area (Å²) in [6, 6.07) is 0. The van der Waals surface area contributed by atoms with Crippen molar-refractivity contribution in [2.24, 2.45) is 11.3 Å². The summed E-state index contributed by atoms with van der Waals surface area (Å²) in [7, 11) is 0. The highest BCUT2D eigenvalue weighted by molar-refractivity contribution is 7.09. The van der Waals surface area contributed by atoms with E-state index in [0.29, 0.717) is 12.5 Å². The molecular formula is C13H21N3OS. The lowest BCUT2D eigenvalue weighted by Gasteiger charge is -2.35. The van der Waals surface area contributed by atoms with Gasteiger partial charge in [0.2, 0.25) is 5.91 Å². The summed E-state index contributed by atoms with van der Waals surface area (Å²) in [5, 5.41) is 9.27. The molecule has 4 nitrogen and oxygen atoms in total. The van der Waals surface area contributed by atoms with Crippen LogP contribution < -0.4 is 10.6 Å². The Balaban J connectivity index is 1.89. The fourth-order valence-corrected chi connectivity index (χ4v) is 2.93. The van der Waals surface area contributed by atoms with E-state index in [1.54, 1.807) is 17.5 Å². The predicted molar refractivity (Wildman–Crippen MR) is 73.3 cm³/mol. The van der Waals surface area contributed by atoms with E-state index >= 15 is 0 Å². The number of thiazole rings is 1. The Morgan fingerprint density at radius 2 is 2.50 bits per heavy atom. The SMILES string of the molecule is CC(C)(C(=O)NCc1nccs1)C1CCCNC1. The van der Waals surface area contributed by atoms with Crippen LogP contribution >= 0.6 is 11.3 Å². The first-order chi connectivity index (χ1) is 8.60. The lowest BCUT2D eigenvalue weighted by molar-refractivity contribution is -0.132. The highest BCUT2D eigenvalue weighted by Crippen LogP contribution is 2.31. The molecule has 18 heavy (non-hydrogen) atoms. The Labute approximate surface area is 112 Å². The maximum Gasteiger partial charge on any atom is 0.226 e. The average molecular weight is 267 g/mol. The van der Waals surface area contributed by atoms with Crippen molar-refractivity contribution in [3.8, 4) is 0 Å². The van der Waals surface area contributed by atoms with Crippen molar-refractivity contribution in [1.29, 1.82) is 0 Å². The number of nitrogens with zero attached hydrogens (tertiary/aromatic N) is 1. The monoisotopic (exact) mass is 267 g/mol. The predicted octanol–water partition coefficient (Wildman–Crippen LogP) is 1.79. The van der Waals surface area contributed by atoms with Gasteiger partial charge in [-0.15, -0.1) is 11.3 Å². The van der Waals surface area contributed by atoms with Crippen LogP contribution in [-0.4, -0.2) is 24.0 Å². The van der Waals surface area contributed by atoms with Gasteiger partial charge in [0.25, 0.3) is 0 Å². The number of hydrogen-bond donors (Lipinski definition) is 2. The molecular weight excluding hydrogens is 246 g/mol. The molecule has 2 N–H and O–H groups in total. The van der Waals surface area contributed by atoms with Crippen molar-refractivity contribution < 1.29 is 4.79 Å². The first-order valence-corrected chi connectivity index (χ1v) is 7.36. The molecule has 0 aliphatic carbocycles. The number of hydrogen-bond acceptors (Lipinski definition) is 4. The van der Waals surface area contributed by atoms with Crippen molar-refractivity contribution in [2.45, 2.75) is 33.2 Å². The summed E-state index contributed by atoms with van der Waals surface area (Å²) in [4.78, 5) is 16.5. The van der Waals surface area contributed by atoms with Gasteiger partial charge in [-0.2, -0.15) is 0 Å². The van der Waals surface area contributed by atoms with Crippen molar-refractivity contribution >= 4 is 17.2 Å². The van der Waals surface area contributed by atoms with E-state index < -0.39 is 0 Å². The van der Waals surface area contributed by atoms with Gasteiger partial charge in [-0.3, -0.25) is 4.79 Å². The summed E-state index contributed by atoms with van der Waals surface area (Å²) < 4.78 is 0. The largest absolute Gasteiger partial charge is 0.349 e. The zero-order valence-electron chi connectivity index (χ0n) is 11.0. The minimum Gasteiger partial charge on any atom is -0.349 e. The van der Waals surface area contributed by atoms with Crippen LogP contribution in [0.15, 0.2) is 11.6 Å². The van der Waals surface area contributed by atoms with Crippen molar-refractivity contribution in [1.82, 2.24) is 15.6 Å². The molecule has 100 valence electrons. The quantitative estimate of drug-likeness (QED) is 0.874. The number of aromatic nitrogens is 1. The van der Waals surface area contributed by atoms with Crippen molar-refractivity contribution in [2.75, 3.05) is 13.1 Å². The molecule has 1 aromatic rings. The molecule has 0 aromatic carbocycles. The van der Waals surface area contributed by atoms with E-state index in [-0.39, 0.29) is 11.3 Å². The van der Waals surface area contributed by atoms with E-state index in [0.717, 1.165) is 30.9 Å². The topological polar surface area (TPSA) is 54.0 Å². The zero-order chi connectivity index (χ0) is 13.0. The molecule has 2 heterocycles. The molecule has 1 aromatic heterocycles. The van der Waals surface area contributed by atoms with Crippen molar-refractivity contribution in [3.05, 3.63) is 16.6 Å². The van der Waals surface area contributed by atoms with Crippen LogP contribution in [-0.2, 0) is 11.3 Å². The van der Waals surface area contributed by atoms with Gasteiger partial charge in [0.15, 0.2) is 0 Å². The second kappa shape index (κ2) is 5.80. The number of rotatable bonds is 4. The van der Waals surface area contributed by atoms with Gasteiger partial charge in [0.05, 0.1) is 6.54 Å². The first-order valence-electron chi connectivity index (χ1n) is 6.48. The number of amides is 1. The Kier molecular flexibility index (Phi) is 4.35. The standard InChI is InChI=1S/C13H21N3OS/c1-13(2,10-4-3-5-14-8-10)12(17)16-9-11-15-6-7-18-11/h6-7,10,14H,3-5,8-9H2,1-2H3,(H,16,17). The maximum absolute atomic E-state index is 12.3. The van der Waals surface area contributed by atoms with Gasteiger partial charge < -0.3 is 10.6 Å². The van der Waals surface area contributed by atoms with Crippen LogP contribution in [0.3, 0.4) is 0 Å². The third kappa shape index (κ3) is 3.09. The van der Waals surface area contributed by atoms with Gasteiger partial charge in [0.1, 0.15) is 5.01 Å². The highest BCUT2D eigenvalue weighted by atomic mass is 32.1. The van der Waals surface area contributed by atoms with Gasteiger partial charge in [-0.05, 0) is 31.8 Å². The minimum absolute atomic E-state index is 0.131. The second-order valence-electron chi connectivity index (χ2n) is 5.37. The van der Waals surface area contributed by atoms with Crippen molar-refractivity contribution in [3.63, 3.8) is 0 Å². The van der Waals surface area contributed by atoms with E-state index in [1.165, 1.54) is 0 Å². The number of nitrogens with one attached hydrogen (secondary N) is 2. The zero-order valence-corrected chi connectivity index (χ0v) is 11.8. The van der Waals surface area contributed by atoms with Crippen LogP contribution in [0.5, 0.6) is 0 Å². The third-order valence-electron chi connectivity index (χ3n) is 3.79. The van der Waals surface area contributed by atoms with Crippen LogP contribution in [0.2, 0.25) is 0 Å². The molecule has 2 rings (SSSR count). The molecule has 0 bridgehead atoms. The third-order valence-corrected chi connectivity index (χ3v) is 4.57. The number of carbonyl (C=O) groups excluding carboxylic acids is 1. The van der Waals surface area contributed by atoms with Crippen LogP contribution in [0, 0.1) is 11.3 Å². The van der Waals surface area contributed by atoms with Gasteiger partial charge in [-0.1, -0.05) is 13.8 Å². The molecule has 1 amide bonds. The van der Waals surface area contributed by atoms with Crippen LogP contribution in [0.4, 0.5) is 0 Å². The molecule has 1 aliphatic rings. The number of carbonyl (C=O) groups is 1. The van der Waals surface area contributed by atoms with E-state index in [4.69, 9.17) is 0 Å². The van der Waals surface area contributed by atoms with Gasteiger partial charge in [0, 0.05) is 17.0 Å². The lowest BCUT2D eigenvalue weighted by atomic mass is 9.74. The minimum atomic E-state index is -0.315. The molecule has 1 fully saturated rings. The summed E-state index contributed by atoms with van der Waals surface area (Å²) in [6.45, 7) is 6.65. The van der Waals surface area contributed by atoms with E-state index in [2.05, 4.69) is 15.6 Å². The summed E-state index contributed by atoms with van der Waals surface area (Å²) in [5.41, 5.74) is -0.315. The molecule has 1 saturated heterocycles. The fourth-order valence-electron chi connectivity index (χ4n) is 2.38. The summed E-state index contributed by atoms with van der Waals surface area (Å²) >= 11 is 1.57. The van der Waals surface area contributed by atoms with Gasteiger partial charge in [-0.25, -0.2) is 4.98 Å². The normalized spacial score (nSPS) is 20.7. The molecule has 1 unspecified atom stereocenters. The van der Waals surface area contributed by atoms with Gasteiger partial charge >= 0.3 is 0 Å². The molecule has 0 radical (unpaired) electrons. The Bertz CT molecular complexity index is 383. The molecule has 1 aliphatic heterocycles. The lowest BCUT2D eigenvalue weighted by Crippen LogP contribution is -2.47. The second-order valence-corrected chi connectivity index (χ2v) is 6.35.